The summed E-state index contributed by atoms with van der Waals surface area (Å²) < 4.78 is 2.31. The lowest BCUT2D eigenvalue weighted by Gasteiger charge is -2.41. The molecular weight excluding hydrogens is 348 g/mol. The smallest absolute Gasteiger partial charge is 0.225 e. The van der Waals surface area contributed by atoms with Crippen LogP contribution in [0.25, 0.3) is 0 Å². The van der Waals surface area contributed by atoms with Gasteiger partial charge in [0.15, 0.2) is 0 Å². The highest BCUT2D eigenvalue weighted by Crippen LogP contribution is 2.38. The number of aromatic nitrogens is 2. The highest BCUT2D eigenvalue weighted by Gasteiger charge is 2.37. The molecule has 150 valence electrons. The van der Waals surface area contributed by atoms with E-state index in [9.17, 15) is 4.79 Å². The molecule has 0 N–H and O–H groups in total. The van der Waals surface area contributed by atoms with Gasteiger partial charge in [0.2, 0.25) is 5.91 Å². The van der Waals surface area contributed by atoms with Crippen LogP contribution >= 0.6 is 0 Å². The van der Waals surface area contributed by atoms with Crippen LogP contribution in [-0.2, 0) is 16.8 Å². The number of nitrogens with zero attached hydrogens (tertiary/aromatic N) is 4. The fraction of sp³-hybridized carbons (Fsp3) is 0.565. The van der Waals surface area contributed by atoms with Gasteiger partial charge < -0.3 is 9.47 Å². The van der Waals surface area contributed by atoms with Crippen molar-refractivity contribution in [1.29, 1.82) is 0 Å². The summed E-state index contributed by atoms with van der Waals surface area (Å²) in [6.07, 6.45) is 15.7. The van der Waals surface area contributed by atoms with E-state index in [1.54, 1.807) is 0 Å². The molecule has 4 rings (SSSR count). The van der Waals surface area contributed by atoms with Crippen molar-refractivity contribution in [1.82, 2.24) is 19.4 Å². The molecule has 5 nitrogen and oxygen atoms in total. The first-order chi connectivity index (χ1) is 13.8. The molecule has 0 bridgehead atoms. The molecule has 28 heavy (non-hydrogen) atoms. The lowest BCUT2D eigenvalue weighted by Crippen LogP contribution is -2.51. The molecule has 0 atom stereocenters. The molecule has 3 heterocycles. The van der Waals surface area contributed by atoms with Gasteiger partial charge in [0.1, 0.15) is 0 Å². The Morgan fingerprint density at radius 3 is 2.32 bits per heavy atom. The van der Waals surface area contributed by atoms with E-state index in [1.807, 2.05) is 12.4 Å². The minimum atomic E-state index is -0.00267. The first-order valence-electron chi connectivity index (χ1n) is 10.8. The Hall–Kier alpha value is -2.14. The normalized spacial score (nSPS) is 20.2. The molecule has 1 saturated carbocycles. The van der Waals surface area contributed by atoms with Crippen molar-refractivity contribution >= 4 is 5.91 Å². The maximum absolute atomic E-state index is 13.1. The zero-order valence-corrected chi connectivity index (χ0v) is 16.8. The summed E-state index contributed by atoms with van der Waals surface area (Å²) in [5, 5.41) is 0. The molecule has 1 aliphatic carbocycles. The number of pyridine rings is 1. The topological polar surface area (TPSA) is 41.4 Å². The van der Waals surface area contributed by atoms with Gasteiger partial charge in [-0.25, -0.2) is 0 Å². The van der Waals surface area contributed by atoms with E-state index >= 15 is 0 Å². The Bertz CT molecular complexity index is 729. The summed E-state index contributed by atoms with van der Waals surface area (Å²) in [6, 6.07) is 8.35. The third kappa shape index (κ3) is 4.46. The molecule has 1 saturated heterocycles. The summed E-state index contributed by atoms with van der Waals surface area (Å²) in [5.41, 5.74) is 1.33. The van der Waals surface area contributed by atoms with Crippen LogP contribution in [-0.4, -0.2) is 58.0 Å². The van der Waals surface area contributed by atoms with Gasteiger partial charge in [-0.2, -0.15) is 0 Å². The molecule has 0 spiro atoms. The zero-order chi connectivity index (χ0) is 19.2. The molecule has 2 aliphatic rings. The molecular formula is C23H32N4O. The van der Waals surface area contributed by atoms with Crippen LogP contribution in [0.4, 0.5) is 0 Å². The van der Waals surface area contributed by atoms with Gasteiger partial charge in [-0.15, -0.1) is 0 Å². The number of piperazine rings is 1. The second-order valence-electron chi connectivity index (χ2n) is 8.38. The van der Waals surface area contributed by atoms with Crippen LogP contribution in [0.15, 0.2) is 49.1 Å². The van der Waals surface area contributed by atoms with Crippen molar-refractivity contribution in [3.05, 3.63) is 54.6 Å². The lowest BCUT2D eigenvalue weighted by molar-refractivity contribution is -0.135. The van der Waals surface area contributed by atoms with Crippen LogP contribution < -0.4 is 0 Å². The van der Waals surface area contributed by atoms with E-state index in [4.69, 9.17) is 0 Å². The summed E-state index contributed by atoms with van der Waals surface area (Å²) in [6.45, 7) is 4.73. The maximum Gasteiger partial charge on any atom is 0.225 e. The van der Waals surface area contributed by atoms with Crippen LogP contribution in [0.1, 0.15) is 44.1 Å². The van der Waals surface area contributed by atoms with Crippen molar-refractivity contribution in [2.75, 3.05) is 32.7 Å². The number of amides is 1. The van der Waals surface area contributed by atoms with E-state index in [0.29, 0.717) is 12.3 Å². The lowest BCUT2D eigenvalue weighted by atomic mass is 9.78. The van der Waals surface area contributed by atoms with Crippen LogP contribution in [0.3, 0.4) is 0 Å². The molecule has 0 aromatic carbocycles. The van der Waals surface area contributed by atoms with E-state index < -0.39 is 0 Å². The number of rotatable bonds is 6. The molecule has 1 aliphatic heterocycles. The summed E-state index contributed by atoms with van der Waals surface area (Å²) in [4.78, 5) is 21.8. The Morgan fingerprint density at radius 1 is 0.964 bits per heavy atom. The average Bonchev–Trinajstić information content (AvgIpc) is 3.30. The quantitative estimate of drug-likeness (QED) is 0.772. The minimum Gasteiger partial charge on any atom is -0.348 e. The summed E-state index contributed by atoms with van der Waals surface area (Å²) >= 11 is 0. The second kappa shape index (κ2) is 8.91. The van der Waals surface area contributed by atoms with Crippen LogP contribution in [0.2, 0.25) is 0 Å². The van der Waals surface area contributed by atoms with E-state index in [0.717, 1.165) is 52.0 Å². The van der Waals surface area contributed by atoms with Crippen molar-refractivity contribution in [3.63, 3.8) is 0 Å². The highest BCUT2D eigenvalue weighted by molar-refractivity contribution is 5.77. The molecule has 2 aromatic rings. The predicted octanol–water partition coefficient (Wildman–Crippen LogP) is 3.32. The third-order valence-corrected chi connectivity index (χ3v) is 6.61. The minimum absolute atomic E-state index is 0.00267. The molecule has 1 amide bonds. The van der Waals surface area contributed by atoms with Gasteiger partial charge in [-0.3, -0.25) is 14.7 Å². The van der Waals surface area contributed by atoms with Crippen molar-refractivity contribution in [3.8, 4) is 0 Å². The maximum atomic E-state index is 13.1. The summed E-state index contributed by atoms with van der Waals surface area (Å²) in [5.74, 6) is 0.337. The van der Waals surface area contributed by atoms with Crippen molar-refractivity contribution in [2.24, 2.45) is 0 Å². The van der Waals surface area contributed by atoms with Gasteiger partial charge >= 0.3 is 0 Å². The van der Waals surface area contributed by atoms with E-state index in [1.165, 1.54) is 24.8 Å². The Balaban J connectivity index is 1.30. The summed E-state index contributed by atoms with van der Waals surface area (Å²) in [7, 11) is 0. The van der Waals surface area contributed by atoms with Gasteiger partial charge in [0.25, 0.3) is 0 Å². The van der Waals surface area contributed by atoms with Crippen molar-refractivity contribution in [2.45, 2.75) is 50.5 Å². The number of carbonyl (C=O) groups is 1. The predicted molar refractivity (Wildman–Crippen MR) is 111 cm³/mol. The molecule has 2 aromatic heterocycles. The fourth-order valence-electron chi connectivity index (χ4n) is 4.84. The number of carbonyl (C=O) groups excluding carboxylic acids is 1. The van der Waals surface area contributed by atoms with Gasteiger partial charge in [0, 0.05) is 57.5 Å². The largest absolute Gasteiger partial charge is 0.348 e. The molecule has 0 unspecified atom stereocenters. The zero-order valence-electron chi connectivity index (χ0n) is 16.8. The fourth-order valence-corrected chi connectivity index (χ4v) is 4.84. The van der Waals surface area contributed by atoms with E-state index in [-0.39, 0.29) is 5.54 Å². The number of hydrogen-bond acceptors (Lipinski definition) is 3. The Kier molecular flexibility index (Phi) is 6.10. The Labute approximate surface area is 168 Å². The Morgan fingerprint density at radius 2 is 1.64 bits per heavy atom. The van der Waals surface area contributed by atoms with Crippen LogP contribution in [0, 0.1) is 0 Å². The highest BCUT2D eigenvalue weighted by atomic mass is 16.2. The van der Waals surface area contributed by atoms with Gasteiger partial charge in [0.05, 0.1) is 12.0 Å². The first-order valence-corrected chi connectivity index (χ1v) is 10.8. The second-order valence-corrected chi connectivity index (χ2v) is 8.38. The van der Waals surface area contributed by atoms with Gasteiger partial charge in [-0.05, 0) is 49.1 Å². The molecule has 0 radical (unpaired) electrons. The van der Waals surface area contributed by atoms with Crippen LogP contribution in [0.5, 0.6) is 0 Å². The number of hydrogen-bond donors (Lipinski definition) is 0. The SMILES string of the molecule is O=C(CC1(n2cccc2)CCCCC1)N1CCN(CCc2ccncc2)CC1. The average molecular weight is 381 g/mol. The third-order valence-electron chi connectivity index (χ3n) is 6.61. The first kappa shape index (κ1) is 19.2. The molecule has 2 fully saturated rings. The van der Waals surface area contributed by atoms with Crippen molar-refractivity contribution < 1.29 is 4.79 Å². The monoisotopic (exact) mass is 380 g/mol. The van der Waals surface area contributed by atoms with Gasteiger partial charge in [-0.1, -0.05) is 19.3 Å². The van der Waals surface area contributed by atoms with E-state index in [2.05, 4.69) is 56.0 Å². The molecule has 5 heteroatoms. The standard InChI is InChI=1S/C23H32N4O/c28-22(20-23(9-2-1-3-10-23)27-13-4-5-14-27)26-18-16-25(17-19-26)15-8-21-6-11-24-12-7-21/h4-7,11-14H,1-3,8-10,15-20H2.